The molecule has 0 saturated heterocycles. The molecule has 1 fully saturated rings. The van der Waals surface area contributed by atoms with Crippen molar-refractivity contribution in [3.63, 3.8) is 0 Å². The molecule has 2 aromatic rings. The molecule has 23 heavy (non-hydrogen) atoms. The van der Waals surface area contributed by atoms with Crippen molar-refractivity contribution in [1.82, 2.24) is 5.16 Å². The zero-order chi connectivity index (χ0) is 16.4. The van der Waals surface area contributed by atoms with E-state index in [1.165, 1.54) is 11.3 Å². The van der Waals surface area contributed by atoms with Gasteiger partial charge >= 0.3 is 0 Å². The van der Waals surface area contributed by atoms with Crippen molar-refractivity contribution in [3.8, 4) is 10.6 Å². The minimum absolute atomic E-state index is 0.0460. The molecule has 2 N–H and O–H groups in total. The first-order chi connectivity index (χ1) is 11.1. The molecule has 1 saturated carbocycles. The Morgan fingerprint density at radius 3 is 2.74 bits per heavy atom. The average Bonchev–Trinajstić information content (AvgIpc) is 3.28. The summed E-state index contributed by atoms with van der Waals surface area (Å²) in [5.41, 5.74) is 6.18. The van der Waals surface area contributed by atoms with Gasteiger partial charge in [-0.25, -0.2) is 0 Å². The molecule has 0 bridgehead atoms. The summed E-state index contributed by atoms with van der Waals surface area (Å²) in [6.07, 6.45) is 4.27. The minimum atomic E-state index is -0.628. The SMILES string of the molecule is CCC(=O)N(c1onc(-c2cccs2)c1C(N)=O)C1CCCC1. The van der Waals surface area contributed by atoms with Gasteiger partial charge in [-0.05, 0) is 24.3 Å². The maximum Gasteiger partial charge on any atom is 0.256 e. The van der Waals surface area contributed by atoms with Crippen LogP contribution in [0.25, 0.3) is 10.6 Å². The van der Waals surface area contributed by atoms with E-state index in [4.69, 9.17) is 10.3 Å². The fourth-order valence-electron chi connectivity index (χ4n) is 3.06. The van der Waals surface area contributed by atoms with E-state index in [-0.39, 0.29) is 23.4 Å². The van der Waals surface area contributed by atoms with E-state index >= 15 is 0 Å². The van der Waals surface area contributed by atoms with Gasteiger partial charge in [-0.3, -0.25) is 14.5 Å². The van der Waals surface area contributed by atoms with Crippen LogP contribution in [0.2, 0.25) is 0 Å². The lowest BCUT2D eigenvalue weighted by atomic mass is 10.1. The molecule has 122 valence electrons. The summed E-state index contributed by atoms with van der Waals surface area (Å²) in [7, 11) is 0. The predicted octanol–water partition coefficient (Wildman–Crippen LogP) is 3.19. The lowest BCUT2D eigenvalue weighted by molar-refractivity contribution is -0.119. The number of hydrogen-bond donors (Lipinski definition) is 1. The Morgan fingerprint density at radius 2 is 2.17 bits per heavy atom. The fourth-order valence-corrected chi connectivity index (χ4v) is 3.78. The van der Waals surface area contributed by atoms with Crippen LogP contribution in [0.5, 0.6) is 0 Å². The van der Waals surface area contributed by atoms with Crippen LogP contribution in [0.1, 0.15) is 49.4 Å². The Morgan fingerprint density at radius 1 is 1.43 bits per heavy atom. The van der Waals surface area contributed by atoms with Crippen molar-refractivity contribution in [3.05, 3.63) is 23.1 Å². The van der Waals surface area contributed by atoms with Gasteiger partial charge in [0.1, 0.15) is 11.3 Å². The number of carbonyl (C=O) groups is 2. The first-order valence-electron chi connectivity index (χ1n) is 7.78. The number of primary amides is 1. The highest BCUT2D eigenvalue weighted by Gasteiger charge is 2.35. The number of nitrogens with two attached hydrogens (primary N) is 1. The normalized spacial score (nSPS) is 15.0. The lowest BCUT2D eigenvalue weighted by Gasteiger charge is -2.26. The summed E-state index contributed by atoms with van der Waals surface area (Å²) < 4.78 is 5.44. The number of amides is 2. The summed E-state index contributed by atoms with van der Waals surface area (Å²) in [5, 5.41) is 5.92. The van der Waals surface area contributed by atoms with Gasteiger partial charge in [-0.1, -0.05) is 31.0 Å². The molecule has 0 aliphatic heterocycles. The zero-order valence-electron chi connectivity index (χ0n) is 12.9. The molecular weight excluding hydrogens is 314 g/mol. The summed E-state index contributed by atoms with van der Waals surface area (Å²) in [4.78, 5) is 26.9. The Balaban J connectivity index is 2.09. The second-order valence-corrected chi connectivity index (χ2v) is 6.56. The Labute approximate surface area is 138 Å². The fraction of sp³-hybridized carbons (Fsp3) is 0.438. The second kappa shape index (κ2) is 6.54. The van der Waals surface area contributed by atoms with Gasteiger partial charge in [0, 0.05) is 12.5 Å². The summed E-state index contributed by atoms with van der Waals surface area (Å²) in [5.74, 6) is -0.510. The Bertz CT molecular complexity index is 702. The van der Waals surface area contributed by atoms with Crippen molar-refractivity contribution in [2.45, 2.75) is 45.1 Å². The van der Waals surface area contributed by atoms with Crippen molar-refractivity contribution >= 4 is 29.0 Å². The maximum atomic E-state index is 12.5. The average molecular weight is 333 g/mol. The van der Waals surface area contributed by atoms with Gasteiger partial charge in [0.25, 0.3) is 5.91 Å². The van der Waals surface area contributed by atoms with Crippen LogP contribution in [-0.4, -0.2) is 23.0 Å². The van der Waals surface area contributed by atoms with Crippen LogP contribution in [-0.2, 0) is 4.79 Å². The number of carbonyl (C=O) groups excluding carboxylic acids is 2. The van der Waals surface area contributed by atoms with Crippen molar-refractivity contribution < 1.29 is 14.1 Å². The molecule has 0 aromatic carbocycles. The van der Waals surface area contributed by atoms with Crippen LogP contribution in [0.15, 0.2) is 22.0 Å². The van der Waals surface area contributed by atoms with Gasteiger partial charge in [0.2, 0.25) is 11.8 Å². The summed E-state index contributed by atoms with van der Waals surface area (Å²) in [6.45, 7) is 1.80. The van der Waals surface area contributed by atoms with Gasteiger partial charge in [0.15, 0.2) is 0 Å². The smallest absolute Gasteiger partial charge is 0.256 e. The first-order valence-corrected chi connectivity index (χ1v) is 8.66. The van der Waals surface area contributed by atoms with Crippen molar-refractivity contribution in [2.24, 2.45) is 5.73 Å². The number of thiophene rings is 1. The number of rotatable bonds is 5. The lowest BCUT2D eigenvalue weighted by Crippen LogP contribution is -2.39. The largest absolute Gasteiger partial charge is 0.365 e. The van der Waals surface area contributed by atoms with E-state index in [0.717, 1.165) is 30.6 Å². The quantitative estimate of drug-likeness (QED) is 0.910. The number of nitrogens with zero attached hydrogens (tertiary/aromatic N) is 2. The summed E-state index contributed by atoms with van der Waals surface area (Å²) >= 11 is 1.45. The monoisotopic (exact) mass is 333 g/mol. The predicted molar refractivity (Wildman–Crippen MR) is 88.4 cm³/mol. The van der Waals surface area contributed by atoms with Crippen LogP contribution in [0, 0.1) is 0 Å². The first kappa shape index (κ1) is 15.7. The highest BCUT2D eigenvalue weighted by molar-refractivity contribution is 7.13. The zero-order valence-corrected chi connectivity index (χ0v) is 13.8. The second-order valence-electron chi connectivity index (χ2n) is 5.61. The molecule has 2 amide bonds. The van der Waals surface area contributed by atoms with Crippen molar-refractivity contribution in [1.29, 1.82) is 0 Å². The van der Waals surface area contributed by atoms with Crippen LogP contribution >= 0.6 is 11.3 Å². The molecular formula is C16H19N3O3S. The molecule has 7 heteroatoms. The highest BCUT2D eigenvalue weighted by atomic mass is 32.1. The van der Waals surface area contributed by atoms with E-state index in [1.54, 1.807) is 11.8 Å². The van der Waals surface area contributed by atoms with Gasteiger partial charge in [0.05, 0.1) is 4.88 Å². The Hall–Kier alpha value is -2.15. The van der Waals surface area contributed by atoms with Crippen LogP contribution < -0.4 is 10.6 Å². The number of aromatic nitrogens is 1. The van der Waals surface area contributed by atoms with Gasteiger partial charge < -0.3 is 10.3 Å². The highest BCUT2D eigenvalue weighted by Crippen LogP contribution is 2.37. The standard InChI is InChI=1S/C16H19N3O3S/c1-2-12(20)19(10-6-3-4-7-10)16-13(15(17)21)14(18-22-16)11-8-5-9-23-11/h5,8-10H,2-4,6-7H2,1H3,(H2,17,21). The molecule has 0 radical (unpaired) electrons. The third kappa shape index (κ3) is 2.88. The molecule has 1 aliphatic carbocycles. The van der Waals surface area contributed by atoms with E-state index in [0.29, 0.717) is 12.1 Å². The minimum Gasteiger partial charge on any atom is -0.365 e. The molecule has 0 atom stereocenters. The molecule has 6 nitrogen and oxygen atoms in total. The molecule has 3 rings (SSSR count). The third-order valence-corrected chi connectivity index (χ3v) is 5.03. The van der Waals surface area contributed by atoms with Gasteiger partial charge in [-0.15, -0.1) is 11.3 Å². The molecule has 0 spiro atoms. The molecule has 2 aromatic heterocycles. The maximum absolute atomic E-state index is 12.5. The number of anilines is 1. The van der Waals surface area contributed by atoms with Crippen LogP contribution in [0.3, 0.4) is 0 Å². The summed E-state index contributed by atoms with van der Waals surface area (Å²) in [6, 6.07) is 3.76. The Kier molecular flexibility index (Phi) is 4.47. The van der Waals surface area contributed by atoms with E-state index < -0.39 is 5.91 Å². The third-order valence-electron chi connectivity index (χ3n) is 4.15. The number of hydrogen-bond acceptors (Lipinski definition) is 5. The topological polar surface area (TPSA) is 89.4 Å². The molecule has 0 unspecified atom stereocenters. The molecule has 2 heterocycles. The van der Waals surface area contributed by atoms with E-state index in [9.17, 15) is 9.59 Å². The van der Waals surface area contributed by atoms with E-state index in [2.05, 4.69) is 5.16 Å². The van der Waals surface area contributed by atoms with Gasteiger partial charge in [-0.2, -0.15) is 0 Å². The molecule has 1 aliphatic rings. The van der Waals surface area contributed by atoms with Crippen LogP contribution in [0.4, 0.5) is 5.88 Å². The van der Waals surface area contributed by atoms with Crippen molar-refractivity contribution in [2.75, 3.05) is 4.90 Å². The van der Waals surface area contributed by atoms with E-state index in [1.807, 2.05) is 17.5 Å².